The zero-order chi connectivity index (χ0) is 29.0. The summed E-state index contributed by atoms with van der Waals surface area (Å²) < 4.78 is 58.9. The van der Waals surface area contributed by atoms with Crippen molar-refractivity contribution in [2.75, 3.05) is 32.8 Å². The molecule has 4 rings (SSSR count). The number of piperazine rings is 1. The Morgan fingerprint density at radius 3 is 2.52 bits per heavy atom. The molecule has 2 aromatic heterocycles. The Morgan fingerprint density at radius 1 is 1.12 bits per heavy atom. The van der Waals surface area contributed by atoms with Crippen LogP contribution in [0, 0.1) is 23.3 Å². The van der Waals surface area contributed by atoms with Gasteiger partial charge < -0.3 is 25.0 Å². The van der Waals surface area contributed by atoms with Crippen LogP contribution in [0.5, 0.6) is 5.75 Å². The molecule has 212 valence electrons. The number of hydrogen-bond donors (Lipinski definition) is 3. The molecular formula is C25H23F4N5O6. The van der Waals surface area contributed by atoms with Crippen LogP contribution in [-0.4, -0.2) is 87.3 Å². The molecule has 3 heterocycles. The number of aromatic nitrogens is 2. The molecule has 1 saturated heterocycles. The Morgan fingerprint density at radius 2 is 1.85 bits per heavy atom. The van der Waals surface area contributed by atoms with Gasteiger partial charge in [0.1, 0.15) is 18.3 Å². The van der Waals surface area contributed by atoms with Gasteiger partial charge in [-0.1, -0.05) is 0 Å². The Hall–Kier alpha value is -4.53. The number of H-pyrrole nitrogens is 1. The van der Waals surface area contributed by atoms with E-state index in [0.717, 1.165) is 16.6 Å². The molecule has 1 aromatic carbocycles. The first-order valence-electron chi connectivity index (χ1n) is 11.9. The number of nitrogens with one attached hydrogen (secondary N) is 2. The normalized spacial score (nSPS) is 14.8. The predicted octanol–water partition coefficient (Wildman–Crippen LogP) is 1.37. The number of carbonyl (C=O) groups is 4. The SMILES string of the molecule is O=C(O)C[C@H](NC(=O)CN1CCN(Cc2cnc3[nH]ccc3c2)CC1=O)C(=O)COc1c(F)c(F)cc(F)c1F. The number of carboxylic acids is 1. The molecule has 0 radical (unpaired) electrons. The fourth-order valence-electron chi connectivity index (χ4n) is 4.14. The number of carbonyl (C=O) groups excluding carboxylic acids is 3. The van der Waals surface area contributed by atoms with Crippen LogP contribution in [0.2, 0.25) is 0 Å². The van der Waals surface area contributed by atoms with E-state index < -0.39 is 72.3 Å². The van der Waals surface area contributed by atoms with Crippen molar-refractivity contribution in [3.63, 3.8) is 0 Å². The summed E-state index contributed by atoms with van der Waals surface area (Å²) in [6.45, 7) is -0.619. The molecule has 3 N–H and O–H groups in total. The molecule has 0 spiro atoms. The van der Waals surface area contributed by atoms with Gasteiger partial charge in [-0.25, -0.2) is 13.8 Å². The topological polar surface area (TPSA) is 145 Å². The lowest BCUT2D eigenvalue weighted by atomic mass is 10.1. The zero-order valence-electron chi connectivity index (χ0n) is 20.8. The number of fused-ring (bicyclic) bond motifs is 1. The number of aliphatic carboxylic acids is 1. The zero-order valence-corrected chi connectivity index (χ0v) is 20.8. The van der Waals surface area contributed by atoms with E-state index in [4.69, 9.17) is 5.11 Å². The fourth-order valence-corrected chi connectivity index (χ4v) is 4.14. The Labute approximate surface area is 223 Å². The maximum absolute atomic E-state index is 13.8. The average molecular weight is 565 g/mol. The van der Waals surface area contributed by atoms with Crippen molar-refractivity contribution in [1.29, 1.82) is 0 Å². The molecule has 1 atom stereocenters. The number of benzene rings is 1. The Balaban J connectivity index is 1.31. The number of ether oxygens (including phenoxy) is 1. The number of pyridine rings is 1. The molecule has 0 unspecified atom stereocenters. The third-order valence-electron chi connectivity index (χ3n) is 6.13. The van der Waals surface area contributed by atoms with E-state index in [9.17, 15) is 36.7 Å². The third-order valence-corrected chi connectivity index (χ3v) is 6.13. The van der Waals surface area contributed by atoms with Gasteiger partial charge in [0.05, 0.1) is 19.5 Å². The van der Waals surface area contributed by atoms with Crippen molar-refractivity contribution in [2.24, 2.45) is 0 Å². The van der Waals surface area contributed by atoms with Crippen LogP contribution in [0.1, 0.15) is 12.0 Å². The lowest BCUT2D eigenvalue weighted by Crippen LogP contribution is -2.54. The van der Waals surface area contributed by atoms with E-state index in [-0.39, 0.29) is 25.1 Å². The molecule has 1 aliphatic rings. The molecule has 11 nitrogen and oxygen atoms in total. The summed E-state index contributed by atoms with van der Waals surface area (Å²) in [4.78, 5) is 59.3. The second kappa shape index (κ2) is 12.1. The number of ketones is 1. The fraction of sp³-hybridized carbons (Fsp3) is 0.320. The van der Waals surface area contributed by atoms with Gasteiger partial charge in [0.2, 0.25) is 23.4 Å². The number of hydrogen-bond acceptors (Lipinski definition) is 7. The summed E-state index contributed by atoms with van der Waals surface area (Å²) in [7, 11) is 0. The number of nitrogens with zero attached hydrogens (tertiary/aromatic N) is 3. The molecule has 1 aliphatic heterocycles. The first kappa shape index (κ1) is 28.5. The van der Waals surface area contributed by atoms with Gasteiger partial charge in [-0.3, -0.25) is 24.1 Å². The maximum atomic E-state index is 13.8. The van der Waals surface area contributed by atoms with Crippen LogP contribution in [0.3, 0.4) is 0 Å². The molecule has 0 saturated carbocycles. The average Bonchev–Trinajstić information content (AvgIpc) is 3.36. The Bertz CT molecular complexity index is 1440. The van der Waals surface area contributed by atoms with Gasteiger partial charge in [-0.2, -0.15) is 8.78 Å². The molecule has 2 amide bonds. The minimum Gasteiger partial charge on any atom is -0.481 e. The maximum Gasteiger partial charge on any atom is 0.305 e. The molecule has 3 aromatic rings. The van der Waals surface area contributed by atoms with Crippen molar-refractivity contribution >= 4 is 34.6 Å². The van der Waals surface area contributed by atoms with E-state index >= 15 is 0 Å². The minimum atomic E-state index is -1.88. The van der Waals surface area contributed by atoms with Crippen molar-refractivity contribution < 1.29 is 46.6 Å². The highest BCUT2D eigenvalue weighted by Crippen LogP contribution is 2.26. The van der Waals surface area contributed by atoms with E-state index in [0.29, 0.717) is 13.1 Å². The second-order valence-electron chi connectivity index (χ2n) is 9.06. The van der Waals surface area contributed by atoms with Crippen LogP contribution >= 0.6 is 0 Å². The van der Waals surface area contributed by atoms with Crippen molar-refractivity contribution in [3.05, 3.63) is 59.4 Å². The molecule has 0 bridgehead atoms. The molecular weight excluding hydrogens is 542 g/mol. The number of aromatic amines is 1. The van der Waals surface area contributed by atoms with Gasteiger partial charge >= 0.3 is 5.97 Å². The first-order chi connectivity index (χ1) is 19.0. The lowest BCUT2D eigenvalue weighted by molar-refractivity contribution is -0.143. The highest BCUT2D eigenvalue weighted by molar-refractivity contribution is 5.94. The van der Waals surface area contributed by atoms with Gasteiger partial charge in [0, 0.05) is 43.5 Å². The van der Waals surface area contributed by atoms with Crippen LogP contribution in [0.4, 0.5) is 17.6 Å². The minimum absolute atomic E-state index is 0.00506. The van der Waals surface area contributed by atoms with E-state index in [1.54, 1.807) is 12.4 Å². The Kier molecular flexibility index (Phi) is 8.62. The number of halogens is 4. The number of Topliss-reactive ketones (excluding diaryl/α,β-unsaturated/α-hetero) is 1. The van der Waals surface area contributed by atoms with Gasteiger partial charge in [-0.15, -0.1) is 0 Å². The highest BCUT2D eigenvalue weighted by atomic mass is 19.2. The number of carboxylic acid groups (broad SMARTS) is 1. The second-order valence-corrected chi connectivity index (χ2v) is 9.06. The number of rotatable bonds is 11. The molecule has 0 aliphatic carbocycles. The van der Waals surface area contributed by atoms with Gasteiger partial charge in [0.15, 0.2) is 23.2 Å². The molecule has 40 heavy (non-hydrogen) atoms. The predicted molar refractivity (Wildman–Crippen MR) is 129 cm³/mol. The quantitative estimate of drug-likeness (QED) is 0.234. The van der Waals surface area contributed by atoms with Crippen LogP contribution < -0.4 is 10.1 Å². The van der Waals surface area contributed by atoms with E-state index in [1.807, 2.05) is 17.0 Å². The van der Waals surface area contributed by atoms with Gasteiger partial charge in [0.25, 0.3) is 0 Å². The van der Waals surface area contributed by atoms with Gasteiger partial charge in [-0.05, 0) is 17.7 Å². The highest BCUT2D eigenvalue weighted by Gasteiger charge is 2.30. The van der Waals surface area contributed by atoms with E-state index in [2.05, 4.69) is 20.0 Å². The largest absolute Gasteiger partial charge is 0.481 e. The molecule has 15 heteroatoms. The van der Waals surface area contributed by atoms with Crippen molar-refractivity contribution in [2.45, 2.75) is 19.0 Å². The summed E-state index contributed by atoms with van der Waals surface area (Å²) in [5, 5.41) is 12.2. The summed E-state index contributed by atoms with van der Waals surface area (Å²) in [6, 6.07) is 2.06. The lowest BCUT2D eigenvalue weighted by Gasteiger charge is -2.34. The van der Waals surface area contributed by atoms with Crippen LogP contribution in [0.15, 0.2) is 30.6 Å². The standard InChI is InChI=1S/C25H23F4N5O6/c26-15-6-16(27)23(29)24(22(15)28)40-12-18(35)17(7-21(38)39)32-19(36)10-34-4-3-33(11-20(34)37)9-13-5-14-1-2-30-25(14)31-8-13/h1-2,5-6,8,17H,3-4,7,9-12H2,(H,30,31)(H,32,36)(H,38,39)/t17-/m0/s1. The van der Waals surface area contributed by atoms with Crippen molar-refractivity contribution in [1.82, 2.24) is 25.1 Å². The number of amides is 2. The van der Waals surface area contributed by atoms with Crippen LogP contribution in [0.25, 0.3) is 11.0 Å². The van der Waals surface area contributed by atoms with Crippen LogP contribution in [-0.2, 0) is 25.7 Å². The smallest absolute Gasteiger partial charge is 0.305 e. The summed E-state index contributed by atoms with van der Waals surface area (Å²) in [6.07, 6.45) is 2.54. The van der Waals surface area contributed by atoms with E-state index in [1.165, 1.54) is 4.90 Å². The molecule has 1 fully saturated rings. The summed E-state index contributed by atoms with van der Waals surface area (Å²) in [5.74, 6) is -12.7. The third kappa shape index (κ3) is 6.72. The monoisotopic (exact) mass is 565 g/mol. The first-order valence-corrected chi connectivity index (χ1v) is 11.9. The summed E-state index contributed by atoms with van der Waals surface area (Å²) in [5.41, 5.74) is 1.63. The van der Waals surface area contributed by atoms with Crippen molar-refractivity contribution in [3.8, 4) is 5.75 Å². The summed E-state index contributed by atoms with van der Waals surface area (Å²) >= 11 is 0.